The number of aromatic amines is 1. The molecule has 0 radical (unpaired) electrons. The van der Waals surface area contributed by atoms with Crippen molar-refractivity contribution in [3.63, 3.8) is 0 Å². The highest BCUT2D eigenvalue weighted by molar-refractivity contribution is 5.97. The number of hydrogen-bond acceptors (Lipinski definition) is 11. The Morgan fingerprint density at radius 2 is 1.79 bits per heavy atom. The quantitative estimate of drug-likeness (QED) is 0.104. The van der Waals surface area contributed by atoms with Crippen LogP contribution in [0.2, 0.25) is 0 Å². The third kappa shape index (κ3) is 10.4. The molecule has 6 N–H and O–H groups in total. The zero-order valence-electron chi connectivity index (χ0n) is 23.5. The number of benzene rings is 1. The van der Waals surface area contributed by atoms with Crippen molar-refractivity contribution in [3.05, 3.63) is 52.1 Å². The zero-order chi connectivity index (χ0) is 30.2. The number of nitrogens with two attached hydrogens (primary N) is 1. The Bertz CT molecular complexity index is 1410. The largest absolute Gasteiger partial charge is 0.379 e. The number of aromatic nitrogens is 4. The molecule has 0 spiro atoms. The molecule has 2 amide bonds. The first-order valence-electron chi connectivity index (χ1n) is 13.5. The number of hydrogen-bond donors (Lipinski definition) is 5. The molecule has 1 unspecified atom stereocenters. The molecule has 0 aliphatic rings. The van der Waals surface area contributed by atoms with E-state index in [1.807, 2.05) is 6.92 Å². The van der Waals surface area contributed by atoms with Crippen LogP contribution in [0.15, 0.2) is 35.3 Å². The molecule has 224 valence electrons. The van der Waals surface area contributed by atoms with Crippen molar-refractivity contribution in [1.82, 2.24) is 30.6 Å². The van der Waals surface area contributed by atoms with Crippen molar-refractivity contribution in [2.24, 2.45) is 0 Å². The molecule has 0 saturated carbocycles. The molecular formula is C28H36N8O6. The van der Waals surface area contributed by atoms with Crippen LogP contribution in [0.1, 0.15) is 35.8 Å². The number of nitrogen functional groups attached to an aromatic ring is 1. The van der Waals surface area contributed by atoms with E-state index in [-0.39, 0.29) is 42.1 Å². The first-order chi connectivity index (χ1) is 20.4. The minimum Gasteiger partial charge on any atom is -0.379 e. The molecule has 0 fully saturated rings. The van der Waals surface area contributed by atoms with Crippen LogP contribution in [0.3, 0.4) is 0 Å². The highest BCUT2D eigenvalue weighted by atomic mass is 16.5. The van der Waals surface area contributed by atoms with Crippen molar-refractivity contribution >= 4 is 34.6 Å². The molecule has 0 aliphatic heterocycles. The standard InChI is InChI=1S/C28H36N8O6/c1-3-5-22(26(38)30-10-12-41-14-16-42-15-13-40-11-4-2)34-25(37)19-6-8-20(9-7-19)31-17-21-18-32-24-23(33-21)27(39)36-28(29)35-24/h2,6-9,18,22,31H,3,5,10-17H2,1H3,(H,30,38)(H,34,37)(H3,29,32,35,36,39). The second-order valence-corrected chi connectivity index (χ2v) is 9.00. The number of ether oxygens (including phenoxy) is 3. The van der Waals surface area contributed by atoms with Crippen molar-refractivity contribution < 1.29 is 23.8 Å². The summed E-state index contributed by atoms with van der Waals surface area (Å²) < 4.78 is 15.9. The van der Waals surface area contributed by atoms with Gasteiger partial charge in [0.2, 0.25) is 11.9 Å². The lowest BCUT2D eigenvalue weighted by Crippen LogP contribution is -2.47. The number of fused-ring (bicyclic) bond motifs is 1. The lowest BCUT2D eigenvalue weighted by atomic mass is 10.1. The second-order valence-electron chi connectivity index (χ2n) is 9.00. The van der Waals surface area contributed by atoms with Crippen LogP contribution in [-0.2, 0) is 25.5 Å². The molecule has 3 rings (SSSR count). The predicted molar refractivity (Wildman–Crippen MR) is 157 cm³/mol. The Labute approximate surface area is 243 Å². The van der Waals surface area contributed by atoms with Gasteiger partial charge < -0.3 is 35.9 Å². The first-order valence-corrected chi connectivity index (χ1v) is 13.5. The fourth-order valence-corrected chi connectivity index (χ4v) is 3.73. The van der Waals surface area contributed by atoms with Gasteiger partial charge in [-0.05, 0) is 30.7 Å². The van der Waals surface area contributed by atoms with Gasteiger partial charge in [0.1, 0.15) is 12.6 Å². The van der Waals surface area contributed by atoms with Gasteiger partial charge in [-0.2, -0.15) is 4.98 Å². The van der Waals surface area contributed by atoms with Crippen molar-refractivity contribution in [1.29, 1.82) is 0 Å². The molecule has 1 aromatic carbocycles. The Hall–Kier alpha value is -4.58. The molecule has 2 aromatic heterocycles. The Balaban J connectivity index is 1.40. The molecule has 42 heavy (non-hydrogen) atoms. The molecule has 0 saturated heterocycles. The van der Waals surface area contributed by atoms with Gasteiger partial charge in [-0.25, -0.2) is 9.97 Å². The van der Waals surface area contributed by atoms with E-state index in [0.717, 1.165) is 5.69 Å². The minimum atomic E-state index is -0.675. The van der Waals surface area contributed by atoms with Crippen molar-refractivity contribution in [3.8, 4) is 12.3 Å². The Morgan fingerprint density at radius 1 is 1.07 bits per heavy atom. The number of carbonyl (C=O) groups is 2. The van der Waals surface area contributed by atoms with Crippen LogP contribution >= 0.6 is 0 Å². The summed E-state index contributed by atoms with van der Waals surface area (Å²) in [5, 5.41) is 8.77. The second kappa shape index (κ2) is 17.3. The maximum absolute atomic E-state index is 12.8. The molecule has 2 heterocycles. The van der Waals surface area contributed by atoms with Crippen LogP contribution in [0.4, 0.5) is 11.6 Å². The fourth-order valence-electron chi connectivity index (χ4n) is 3.73. The van der Waals surface area contributed by atoms with Gasteiger partial charge >= 0.3 is 0 Å². The first kappa shape index (κ1) is 31.9. The summed E-state index contributed by atoms with van der Waals surface area (Å²) in [5.74, 6) is 1.71. The van der Waals surface area contributed by atoms with E-state index < -0.39 is 11.6 Å². The number of anilines is 2. The summed E-state index contributed by atoms with van der Waals surface area (Å²) in [7, 11) is 0. The fraction of sp³-hybridized carbons (Fsp3) is 0.429. The monoisotopic (exact) mass is 580 g/mol. The van der Waals surface area contributed by atoms with Gasteiger partial charge in [-0.3, -0.25) is 19.4 Å². The summed E-state index contributed by atoms with van der Waals surface area (Å²) >= 11 is 0. The maximum atomic E-state index is 12.8. The van der Waals surface area contributed by atoms with Crippen LogP contribution in [0, 0.1) is 12.3 Å². The lowest BCUT2D eigenvalue weighted by molar-refractivity contribution is -0.123. The number of rotatable bonds is 18. The van der Waals surface area contributed by atoms with Crippen molar-refractivity contribution in [2.75, 3.05) is 57.2 Å². The van der Waals surface area contributed by atoms with E-state index in [1.165, 1.54) is 6.20 Å². The van der Waals surface area contributed by atoms with E-state index in [9.17, 15) is 14.4 Å². The molecule has 0 aliphatic carbocycles. The normalized spacial score (nSPS) is 11.5. The Kier molecular flexibility index (Phi) is 13.1. The summed E-state index contributed by atoms with van der Waals surface area (Å²) in [6.45, 7) is 4.75. The SMILES string of the molecule is C#CCOCCOCCOCCNC(=O)C(CCC)NC(=O)c1ccc(NCc2cnc3nc(N)[nH]c(=O)c3n2)cc1. The van der Waals surface area contributed by atoms with Gasteiger partial charge in [0.25, 0.3) is 11.5 Å². The summed E-state index contributed by atoms with van der Waals surface area (Å²) in [6, 6.07) is 6.10. The number of nitrogens with one attached hydrogen (secondary N) is 4. The van der Waals surface area contributed by atoms with E-state index in [0.29, 0.717) is 63.7 Å². The summed E-state index contributed by atoms with van der Waals surface area (Å²) in [4.78, 5) is 52.3. The molecule has 1 atom stereocenters. The molecular weight excluding hydrogens is 544 g/mol. The molecule has 0 bridgehead atoms. The maximum Gasteiger partial charge on any atom is 0.280 e. The summed E-state index contributed by atoms with van der Waals surface area (Å²) in [6.07, 6.45) is 7.80. The lowest BCUT2D eigenvalue weighted by Gasteiger charge is -2.18. The van der Waals surface area contributed by atoms with Gasteiger partial charge in [-0.1, -0.05) is 19.3 Å². The predicted octanol–water partition coefficient (Wildman–Crippen LogP) is 0.605. The van der Waals surface area contributed by atoms with Crippen LogP contribution in [-0.4, -0.2) is 84.0 Å². The third-order valence-electron chi connectivity index (χ3n) is 5.78. The highest BCUT2D eigenvalue weighted by Crippen LogP contribution is 2.12. The van der Waals surface area contributed by atoms with Gasteiger partial charge in [-0.15, -0.1) is 6.42 Å². The van der Waals surface area contributed by atoms with Gasteiger partial charge in [0, 0.05) is 17.8 Å². The smallest absolute Gasteiger partial charge is 0.280 e. The number of terminal acetylenes is 1. The number of carbonyl (C=O) groups excluding carboxylic acids is 2. The van der Waals surface area contributed by atoms with E-state index in [2.05, 4.69) is 41.8 Å². The van der Waals surface area contributed by atoms with E-state index >= 15 is 0 Å². The topological polar surface area (TPSA) is 195 Å². The van der Waals surface area contributed by atoms with Gasteiger partial charge in [0.15, 0.2) is 11.2 Å². The van der Waals surface area contributed by atoms with Gasteiger partial charge in [0.05, 0.1) is 51.5 Å². The molecule has 3 aromatic rings. The minimum absolute atomic E-state index is 0.0267. The number of nitrogens with zero attached hydrogens (tertiary/aromatic N) is 3. The average Bonchev–Trinajstić information content (AvgIpc) is 2.98. The van der Waals surface area contributed by atoms with Crippen LogP contribution < -0.4 is 27.2 Å². The van der Waals surface area contributed by atoms with Crippen molar-refractivity contribution in [2.45, 2.75) is 32.4 Å². The third-order valence-corrected chi connectivity index (χ3v) is 5.78. The Morgan fingerprint density at radius 3 is 2.50 bits per heavy atom. The molecule has 14 nitrogen and oxygen atoms in total. The molecule has 14 heteroatoms. The van der Waals surface area contributed by atoms with E-state index in [1.54, 1.807) is 24.3 Å². The highest BCUT2D eigenvalue weighted by Gasteiger charge is 2.20. The average molecular weight is 581 g/mol. The number of amides is 2. The zero-order valence-corrected chi connectivity index (χ0v) is 23.5. The number of H-pyrrole nitrogens is 1. The van der Waals surface area contributed by atoms with Crippen LogP contribution in [0.25, 0.3) is 11.2 Å². The van der Waals surface area contributed by atoms with Crippen LogP contribution in [0.5, 0.6) is 0 Å². The summed E-state index contributed by atoms with van der Waals surface area (Å²) in [5.41, 5.74) is 6.98. The van der Waals surface area contributed by atoms with E-state index in [4.69, 9.17) is 26.4 Å².